The monoisotopic (exact) mass is 432 g/mol. The Morgan fingerprint density at radius 2 is 1.67 bits per heavy atom. The van der Waals surface area contributed by atoms with Crippen molar-refractivity contribution in [1.82, 2.24) is 10.2 Å². The maximum atomic E-state index is 13.0. The second-order valence-corrected chi connectivity index (χ2v) is 7.67. The fraction of sp³-hybridized carbons (Fsp3) is 0.435. The van der Waals surface area contributed by atoms with E-state index in [9.17, 15) is 4.79 Å². The Labute approximate surface area is 183 Å². The minimum absolute atomic E-state index is 0.0185. The zero-order valence-corrected chi connectivity index (χ0v) is 18.5. The number of methoxy groups -OCH3 is 3. The number of benzene rings is 2. The van der Waals surface area contributed by atoms with E-state index in [1.807, 2.05) is 24.3 Å². The molecule has 30 heavy (non-hydrogen) atoms. The number of piperidine rings is 1. The van der Waals surface area contributed by atoms with Gasteiger partial charge in [0, 0.05) is 17.1 Å². The van der Waals surface area contributed by atoms with Crippen LogP contribution in [0.2, 0.25) is 5.02 Å². The van der Waals surface area contributed by atoms with Crippen LogP contribution in [0.5, 0.6) is 17.2 Å². The number of carbonyl (C=O) groups excluding carboxylic acids is 1. The van der Waals surface area contributed by atoms with Crippen molar-refractivity contribution in [2.75, 3.05) is 41.0 Å². The first kappa shape index (κ1) is 22.2. The lowest BCUT2D eigenvalue weighted by molar-refractivity contribution is 0.0923. The highest BCUT2D eigenvalue weighted by atomic mass is 35.5. The van der Waals surface area contributed by atoms with Gasteiger partial charge in [0.2, 0.25) is 5.75 Å². The van der Waals surface area contributed by atoms with Crippen LogP contribution < -0.4 is 19.5 Å². The molecule has 1 fully saturated rings. The molecule has 2 aromatic rings. The normalized spacial score (nSPS) is 15.3. The molecule has 0 saturated carbocycles. The molecule has 0 bridgehead atoms. The minimum Gasteiger partial charge on any atom is -0.493 e. The Morgan fingerprint density at radius 3 is 2.23 bits per heavy atom. The third-order valence-electron chi connectivity index (χ3n) is 5.48. The molecule has 1 atom stereocenters. The standard InChI is InChI=1S/C23H29ClN2O4/c1-28-20-13-16(14-21(29-2)22(20)30-3)23(27)25-15-19(26-11-7-4-8-12-26)17-9-5-6-10-18(17)24/h5-6,9-10,13-14,19H,4,7-8,11-12,15H2,1-3H3,(H,25,27). The first-order valence-corrected chi connectivity index (χ1v) is 10.5. The Balaban J connectivity index is 1.81. The molecular weight excluding hydrogens is 404 g/mol. The highest BCUT2D eigenvalue weighted by molar-refractivity contribution is 6.31. The number of ether oxygens (including phenoxy) is 3. The largest absolute Gasteiger partial charge is 0.493 e. The Hall–Kier alpha value is -2.44. The van der Waals surface area contributed by atoms with Gasteiger partial charge >= 0.3 is 0 Å². The lowest BCUT2D eigenvalue weighted by Crippen LogP contribution is -2.40. The Kier molecular flexibility index (Phi) is 7.82. The molecule has 3 rings (SSSR count). The van der Waals surface area contributed by atoms with Gasteiger partial charge in [-0.15, -0.1) is 0 Å². The quantitative estimate of drug-likeness (QED) is 0.673. The molecular formula is C23H29ClN2O4. The summed E-state index contributed by atoms with van der Waals surface area (Å²) in [6.07, 6.45) is 3.55. The zero-order chi connectivity index (χ0) is 21.5. The molecule has 1 N–H and O–H groups in total. The van der Waals surface area contributed by atoms with Gasteiger partial charge in [0.1, 0.15) is 0 Å². The molecule has 7 heteroatoms. The van der Waals surface area contributed by atoms with Crippen molar-refractivity contribution < 1.29 is 19.0 Å². The summed E-state index contributed by atoms with van der Waals surface area (Å²) in [6, 6.07) is 11.2. The van der Waals surface area contributed by atoms with Gasteiger partial charge in [0.15, 0.2) is 11.5 Å². The number of nitrogens with one attached hydrogen (secondary N) is 1. The van der Waals surface area contributed by atoms with Crippen molar-refractivity contribution in [3.63, 3.8) is 0 Å². The van der Waals surface area contributed by atoms with Crippen molar-refractivity contribution >= 4 is 17.5 Å². The van der Waals surface area contributed by atoms with Gasteiger partial charge in [-0.25, -0.2) is 0 Å². The number of likely N-dealkylation sites (tertiary alicyclic amines) is 1. The van der Waals surface area contributed by atoms with E-state index in [1.54, 1.807) is 12.1 Å². The number of nitrogens with zero attached hydrogens (tertiary/aromatic N) is 1. The van der Waals surface area contributed by atoms with Gasteiger partial charge in [-0.1, -0.05) is 36.2 Å². The number of hydrogen-bond acceptors (Lipinski definition) is 5. The number of carbonyl (C=O) groups is 1. The SMILES string of the molecule is COc1cc(C(=O)NCC(c2ccccc2Cl)N2CCCCC2)cc(OC)c1OC. The first-order chi connectivity index (χ1) is 14.6. The molecule has 2 aromatic carbocycles. The number of hydrogen-bond donors (Lipinski definition) is 1. The van der Waals surface area contributed by atoms with Crippen molar-refractivity contribution in [3.05, 3.63) is 52.5 Å². The molecule has 0 aromatic heterocycles. The maximum Gasteiger partial charge on any atom is 0.251 e. The van der Waals surface area contributed by atoms with Crippen LogP contribution in [-0.2, 0) is 0 Å². The summed E-state index contributed by atoms with van der Waals surface area (Å²) in [6.45, 7) is 2.45. The van der Waals surface area contributed by atoms with E-state index in [4.69, 9.17) is 25.8 Å². The fourth-order valence-corrected chi connectivity index (χ4v) is 4.18. The molecule has 162 valence electrons. The van der Waals surface area contributed by atoms with E-state index < -0.39 is 0 Å². The van der Waals surface area contributed by atoms with Crippen molar-refractivity contribution in [2.45, 2.75) is 25.3 Å². The van der Waals surface area contributed by atoms with Crippen LogP contribution >= 0.6 is 11.6 Å². The van der Waals surface area contributed by atoms with Crippen LogP contribution in [0.3, 0.4) is 0 Å². The summed E-state index contributed by atoms with van der Waals surface area (Å²) in [7, 11) is 4.60. The van der Waals surface area contributed by atoms with Gasteiger partial charge in [-0.05, 0) is 49.7 Å². The molecule has 1 aliphatic rings. The highest BCUT2D eigenvalue weighted by Crippen LogP contribution is 2.38. The Morgan fingerprint density at radius 1 is 1.03 bits per heavy atom. The van der Waals surface area contributed by atoms with Gasteiger partial charge in [0.25, 0.3) is 5.91 Å². The lowest BCUT2D eigenvalue weighted by atomic mass is 10.0. The molecule has 0 spiro atoms. The van der Waals surface area contributed by atoms with Gasteiger partial charge in [0.05, 0.1) is 27.4 Å². The van der Waals surface area contributed by atoms with E-state index in [-0.39, 0.29) is 11.9 Å². The number of rotatable bonds is 8. The molecule has 6 nitrogen and oxygen atoms in total. The van der Waals surface area contributed by atoms with E-state index >= 15 is 0 Å². The smallest absolute Gasteiger partial charge is 0.251 e. The topological polar surface area (TPSA) is 60.0 Å². The molecule has 1 saturated heterocycles. The summed E-state index contributed by atoms with van der Waals surface area (Å²) >= 11 is 6.50. The number of amides is 1. The van der Waals surface area contributed by atoms with Crippen LogP contribution in [0, 0.1) is 0 Å². The van der Waals surface area contributed by atoms with Crippen molar-refractivity contribution in [3.8, 4) is 17.2 Å². The fourth-order valence-electron chi connectivity index (χ4n) is 3.91. The van der Waals surface area contributed by atoms with Crippen LogP contribution in [0.1, 0.15) is 41.2 Å². The molecule has 1 aliphatic heterocycles. The third-order valence-corrected chi connectivity index (χ3v) is 5.82. The van der Waals surface area contributed by atoms with Crippen LogP contribution in [0.25, 0.3) is 0 Å². The van der Waals surface area contributed by atoms with E-state index in [0.29, 0.717) is 29.4 Å². The van der Waals surface area contributed by atoms with Gasteiger partial charge in [-0.3, -0.25) is 9.69 Å². The highest BCUT2D eigenvalue weighted by Gasteiger charge is 2.25. The zero-order valence-electron chi connectivity index (χ0n) is 17.7. The first-order valence-electron chi connectivity index (χ1n) is 10.2. The summed E-state index contributed by atoms with van der Waals surface area (Å²) in [5.74, 6) is 1.14. The third kappa shape index (κ3) is 4.99. The summed E-state index contributed by atoms with van der Waals surface area (Å²) in [5, 5.41) is 3.79. The summed E-state index contributed by atoms with van der Waals surface area (Å²) in [5.41, 5.74) is 1.48. The second-order valence-electron chi connectivity index (χ2n) is 7.26. The second kappa shape index (κ2) is 10.5. The van der Waals surface area contributed by atoms with Crippen LogP contribution in [0.4, 0.5) is 0 Å². The van der Waals surface area contributed by atoms with E-state index in [1.165, 1.54) is 27.8 Å². The Bertz CT molecular complexity index is 843. The summed E-state index contributed by atoms with van der Waals surface area (Å²) < 4.78 is 16.1. The molecule has 1 heterocycles. The molecule has 0 aliphatic carbocycles. The molecule has 1 unspecified atom stereocenters. The molecule has 1 amide bonds. The molecule has 0 radical (unpaired) electrons. The summed E-state index contributed by atoms with van der Waals surface area (Å²) in [4.78, 5) is 15.4. The van der Waals surface area contributed by atoms with Gasteiger partial charge < -0.3 is 19.5 Å². The van der Waals surface area contributed by atoms with Crippen LogP contribution in [0.15, 0.2) is 36.4 Å². The predicted octanol–water partition coefficient (Wildman–Crippen LogP) is 4.32. The van der Waals surface area contributed by atoms with Gasteiger partial charge in [-0.2, -0.15) is 0 Å². The average molecular weight is 433 g/mol. The van der Waals surface area contributed by atoms with Crippen LogP contribution in [-0.4, -0.2) is 51.8 Å². The predicted molar refractivity (Wildman–Crippen MR) is 118 cm³/mol. The van der Waals surface area contributed by atoms with E-state index in [0.717, 1.165) is 36.5 Å². The van der Waals surface area contributed by atoms with E-state index in [2.05, 4.69) is 10.2 Å². The minimum atomic E-state index is -0.205. The maximum absolute atomic E-state index is 13.0. The number of halogens is 1. The average Bonchev–Trinajstić information content (AvgIpc) is 2.79. The van der Waals surface area contributed by atoms with Crippen molar-refractivity contribution in [2.24, 2.45) is 0 Å². The van der Waals surface area contributed by atoms with Crippen molar-refractivity contribution in [1.29, 1.82) is 0 Å². The lowest BCUT2D eigenvalue weighted by Gasteiger charge is -2.35.